The third-order valence-corrected chi connectivity index (χ3v) is 5.16. The zero-order valence-corrected chi connectivity index (χ0v) is 17.8. The summed E-state index contributed by atoms with van der Waals surface area (Å²) >= 11 is 1.42. The van der Waals surface area contributed by atoms with Crippen LogP contribution in [-0.4, -0.2) is 30.4 Å². The van der Waals surface area contributed by atoms with E-state index in [1.165, 1.54) is 17.3 Å². The molecule has 0 bridgehead atoms. The summed E-state index contributed by atoms with van der Waals surface area (Å²) in [4.78, 5) is 9.12. The summed E-state index contributed by atoms with van der Waals surface area (Å²) < 4.78 is 10.7. The highest BCUT2D eigenvalue weighted by molar-refractivity contribution is 7.98. The maximum atomic E-state index is 9.90. The molecule has 0 radical (unpaired) electrons. The van der Waals surface area contributed by atoms with E-state index in [1.807, 2.05) is 43.5 Å². The van der Waals surface area contributed by atoms with Gasteiger partial charge in [-0.1, -0.05) is 17.8 Å². The van der Waals surface area contributed by atoms with Crippen LogP contribution >= 0.6 is 11.8 Å². The number of hydrogen-bond donors (Lipinski definition) is 1. The number of methoxy groups -OCH3 is 2. The van der Waals surface area contributed by atoms with Gasteiger partial charge >= 0.3 is 0 Å². The molecule has 1 heterocycles. The first-order chi connectivity index (χ1) is 14.0. The first-order valence-corrected chi connectivity index (χ1v) is 10.2. The molecular formula is C22H22N4O2S. The molecule has 3 rings (SSSR count). The van der Waals surface area contributed by atoms with Crippen molar-refractivity contribution < 1.29 is 9.47 Å². The van der Waals surface area contributed by atoms with Gasteiger partial charge in [0.05, 0.1) is 19.9 Å². The molecule has 2 aromatic carbocycles. The molecule has 0 aliphatic carbocycles. The first-order valence-electron chi connectivity index (χ1n) is 8.93. The summed E-state index contributed by atoms with van der Waals surface area (Å²) in [5, 5.41) is 13.7. The fraction of sp³-hybridized carbons (Fsp3) is 0.227. The van der Waals surface area contributed by atoms with Crippen LogP contribution in [-0.2, 0) is 0 Å². The van der Waals surface area contributed by atoms with E-state index in [9.17, 15) is 5.26 Å². The van der Waals surface area contributed by atoms with Crippen molar-refractivity contribution in [1.82, 2.24) is 9.97 Å². The maximum Gasteiger partial charge on any atom is 0.189 e. The van der Waals surface area contributed by atoms with Crippen LogP contribution in [0.2, 0.25) is 0 Å². The van der Waals surface area contributed by atoms with Crippen molar-refractivity contribution in [2.24, 2.45) is 0 Å². The monoisotopic (exact) mass is 406 g/mol. The molecule has 7 heteroatoms. The van der Waals surface area contributed by atoms with Gasteiger partial charge in [-0.2, -0.15) is 5.26 Å². The van der Waals surface area contributed by atoms with Gasteiger partial charge in [0, 0.05) is 11.3 Å². The number of nitrogens with one attached hydrogen (secondary N) is 1. The minimum Gasteiger partial charge on any atom is -0.493 e. The molecule has 29 heavy (non-hydrogen) atoms. The number of benzene rings is 2. The SMILES string of the molecule is COc1ccc(-c2nc(SC)nc(Nc3ccc(C)c(C)c3)c2C#N)cc1OC. The highest BCUT2D eigenvalue weighted by atomic mass is 32.2. The van der Waals surface area contributed by atoms with Crippen LogP contribution in [0.3, 0.4) is 0 Å². The number of nitriles is 1. The van der Waals surface area contributed by atoms with Crippen LogP contribution < -0.4 is 14.8 Å². The van der Waals surface area contributed by atoms with Crippen molar-refractivity contribution in [3.63, 3.8) is 0 Å². The van der Waals surface area contributed by atoms with Crippen molar-refractivity contribution in [3.8, 4) is 28.8 Å². The van der Waals surface area contributed by atoms with Gasteiger partial charge in [-0.05, 0) is 61.6 Å². The highest BCUT2D eigenvalue weighted by Gasteiger charge is 2.18. The number of anilines is 2. The lowest BCUT2D eigenvalue weighted by molar-refractivity contribution is 0.355. The lowest BCUT2D eigenvalue weighted by Gasteiger charge is -2.14. The Morgan fingerprint density at radius 2 is 1.72 bits per heavy atom. The van der Waals surface area contributed by atoms with Gasteiger partial charge in [0.15, 0.2) is 22.5 Å². The number of aromatic nitrogens is 2. The summed E-state index contributed by atoms with van der Waals surface area (Å²) in [5.74, 6) is 1.66. The Balaban J connectivity index is 2.14. The number of rotatable bonds is 6. The predicted molar refractivity (Wildman–Crippen MR) is 116 cm³/mol. The van der Waals surface area contributed by atoms with Gasteiger partial charge in [-0.25, -0.2) is 9.97 Å². The maximum absolute atomic E-state index is 9.90. The predicted octanol–water partition coefficient (Wildman–Crippen LogP) is 5.11. The molecule has 0 fully saturated rings. The van der Waals surface area contributed by atoms with E-state index >= 15 is 0 Å². The van der Waals surface area contributed by atoms with Crippen LogP contribution in [0.5, 0.6) is 11.5 Å². The van der Waals surface area contributed by atoms with Crippen LogP contribution in [0, 0.1) is 25.2 Å². The fourth-order valence-corrected chi connectivity index (χ4v) is 3.24. The zero-order valence-electron chi connectivity index (χ0n) is 17.0. The van der Waals surface area contributed by atoms with Gasteiger partial charge in [0.2, 0.25) is 0 Å². The molecule has 0 unspecified atom stereocenters. The number of ether oxygens (including phenoxy) is 2. The number of hydrogen-bond acceptors (Lipinski definition) is 7. The van der Waals surface area contributed by atoms with E-state index in [4.69, 9.17) is 9.47 Å². The normalized spacial score (nSPS) is 10.3. The second-order valence-electron chi connectivity index (χ2n) is 6.39. The smallest absolute Gasteiger partial charge is 0.189 e. The van der Waals surface area contributed by atoms with Crippen LogP contribution in [0.15, 0.2) is 41.6 Å². The van der Waals surface area contributed by atoms with Crippen LogP contribution in [0.4, 0.5) is 11.5 Å². The Morgan fingerprint density at radius 3 is 2.34 bits per heavy atom. The standard InChI is InChI=1S/C22H22N4O2S/c1-13-6-8-16(10-14(13)2)24-21-17(12-23)20(25-22(26-21)29-5)15-7-9-18(27-3)19(11-15)28-4/h6-11H,1-5H3,(H,24,25,26). The molecule has 1 N–H and O–H groups in total. The summed E-state index contributed by atoms with van der Waals surface area (Å²) in [6.07, 6.45) is 1.90. The molecular weight excluding hydrogens is 384 g/mol. The van der Waals surface area contributed by atoms with Gasteiger partial charge in [-0.15, -0.1) is 0 Å². The van der Waals surface area contributed by atoms with Crippen LogP contribution in [0.25, 0.3) is 11.3 Å². The molecule has 0 amide bonds. The van der Waals surface area contributed by atoms with E-state index in [-0.39, 0.29) is 0 Å². The summed E-state index contributed by atoms with van der Waals surface area (Å²) in [5.41, 5.74) is 4.89. The average Bonchev–Trinajstić information content (AvgIpc) is 2.75. The average molecular weight is 407 g/mol. The Kier molecular flexibility index (Phi) is 6.25. The number of thioether (sulfide) groups is 1. The minimum atomic E-state index is 0.369. The van der Waals surface area contributed by atoms with Gasteiger partial charge in [0.1, 0.15) is 11.6 Å². The third kappa shape index (κ3) is 4.28. The molecule has 0 aliphatic rings. The molecule has 0 saturated carbocycles. The van der Waals surface area contributed by atoms with Crippen LogP contribution in [0.1, 0.15) is 16.7 Å². The van der Waals surface area contributed by atoms with Crippen molar-refractivity contribution in [3.05, 3.63) is 53.1 Å². The van der Waals surface area contributed by atoms with E-state index in [0.29, 0.717) is 33.7 Å². The molecule has 0 atom stereocenters. The Hall–Kier alpha value is -3.24. The second kappa shape index (κ2) is 8.84. The highest BCUT2D eigenvalue weighted by Crippen LogP contribution is 2.35. The van der Waals surface area contributed by atoms with Crippen molar-refractivity contribution >= 4 is 23.3 Å². The molecule has 6 nitrogen and oxygen atoms in total. The topological polar surface area (TPSA) is 80.1 Å². The molecule has 0 saturated heterocycles. The molecule has 0 aliphatic heterocycles. The van der Waals surface area contributed by atoms with Crippen molar-refractivity contribution in [2.45, 2.75) is 19.0 Å². The lowest BCUT2D eigenvalue weighted by atomic mass is 10.1. The molecule has 1 aromatic heterocycles. The Labute approximate surface area is 174 Å². The largest absolute Gasteiger partial charge is 0.493 e. The Morgan fingerprint density at radius 1 is 0.966 bits per heavy atom. The zero-order chi connectivity index (χ0) is 21.0. The van der Waals surface area contributed by atoms with Crippen molar-refractivity contribution in [1.29, 1.82) is 5.26 Å². The quantitative estimate of drug-likeness (QED) is 0.450. The van der Waals surface area contributed by atoms with E-state index < -0.39 is 0 Å². The van der Waals surface area contributed by atoms with Gasteiger partial charge < -0.3 is 14.8 Å². The molecule has 3 aromatic rings. The van der Waals surface area contributed by atoms with E-state index in [2.05, 4.69) is 28.3 Å². The second-order valence-corrected chi connectivity index (χ2v) is 7.16. The molecule has 148 valence electrons. The summed E-state index contributed by atoms with van der Waals surface area (Å²) in [6, 6.07) is 13.8. The fourth-order valence-electron chi connectivity index (χ4n) is 2.88. The summed E-state index contributed by atoms with van der Waals surface area (Å²) in [6.45, 7) is 4.11. The number of nitrogens with zero attached hydrogens (tertiary/aromatic N) is 3. The van der Waals surface area contributed by atoms with E-state index in [1.54, 1.807) is 20.3 Å². The van der Waals surface area contributed by atoms with Gasteiger partial charge in [-0.3, -0.25) is 0 Å². The molecule has 0 spiro atoms. The first kappa shape index (κ1) is 20.5. The van der Waals surface area contributed by atoms with Gasteiger partial charge in [0.25, 0.3) is 0 Å². The number of aryl methyl sites for hydroxylation is 2. The third-order valence-electron chi connectivity index (χ3n) is 4.61. The lowest BCUT2D eigenvalue weighted by Crippen LogP contribution is -2.04. The van der Waals surface area contributed by atoms with Crippen molar-refractivity contribution in [2.75, 3.05) is 25.8 Å². The minimum absolute atomic E-state index is 0.369. The summed E-state index contributed by atoms with van der Waals surface area (Å²) in [7, 11) is 3.16. The Bertz CT molecular complexity index is 1090. The van der Waals surface area contributed by atoms with E-state index in [0.717, 1.165) is 16.8 Å².